The van der Waals surface area contributed by atoms with Crippen molar-refractivity contribution in [3.63, 3.8) is 0 Å². The van der Waals surface area contributed by atoms with Gasteiger partial charge in [0.1, 0.15) is 11.6 Å². The van der Waals surface area contributed by atoms with E-state index in [1.165, 1.54) is 10.4 Å². The maximum Gasteiger partial charge on any atom is 0.265 e. The number of sulfonamides is 1. The number of hydrogen-bond donors (Lipinski definition) is 2. The zero-order valence-electron chi connectivity index (χ0n) is 18.0. The molecule has 2 aromatic rings. The average molecular weight is 459 g/mol. The quantitative estimate of drug-likeness (QED) is 0.711. The minimum atomic E-state index is -3.86. The molecule has 0 radical (unpaired) electrons. The molecule has 170 valence electrons. The van der Waals surface area contributed by atoms with Crippen molar-refractivity contribution in [1.29, 1.82) is 0 Å². The molecule has 10 heteroatoms. The highest BCUT2D eigenvalue weighted by atomic mass is 32.2. The van der Waals surface area contributed by atoms with Crippen LogP contribution in [0.4, 0.5) is 11.5 Å². The Kier molecular flexibility index (Phi) is 6.16. The normalized spacial score (nSPS) is 21.2. The van der Waals surface area contributed by atoms with Gasteiger partial charge in [-0.3, -0.25) is 9.59 Å². The summed E-state index contributed by atoms with van der Waals surface area (Å²) < 4.78 is 34.0. The summed E-state index contributed by atoms with van der Waals surface area (Å²) in [5.41, 5.74) is 0.963. The number of aryl methyl sites for hydroxylation is 1. The number of nitrogens with zero attached hydrogens (tertiary/aromatic N) is 2. The predicted molar refractivity (Wildman–Crippen MR) is 119 cm³/mol. The Morgan fingerprint density at radius 3 is 2.88 bits per heavy atom. The highest BCUT2D eigenvalue weighted by Crippen LogP contribution is 2.36. The van der Waals surface area contributed by atoms with Crippen LogP contribution in [-0.4, -0.2) is 48.7 Å². The van der Waals surface area contributed by atoms with Crippen molar-refractivity contribution in [2.75, 3.05) is 23.7 Å². The van der Waals surface area contributed by atoms with E-state index in [1.54, 1.807) is 37.4 Å². The number of benzene rings is 1. The Hall–Kier alpha value is -2.98. The first-order valence-corrected chi connectivity index (χ1v) is 12.1. The number of nitrogens with one attached hydrogen (secondary N) is 2. The molecule has 4 rings (SSSR count). The fourth-order valence-corrected chi connectivity index (χ4v) is 5.76. The molecule has 0 unspecified atom stereocenters. The molecule has 3 heterocycles. The molecule has 0 saturated carbocycles. The Bertz CT molecular complexity index is 1140. The van der Waals surface area contributed by atoms with Crippen LogP contribution in [0.3, 0.4) is 0 Å². The van der Waals surface area contributed by atoms with E-state index in [2.05, 4.69) is 15.6 Å². The van der Waals surface area contributed by atoms with Gasteiger partial charge < -0.3 is 15.4 Å². The number of carbonyl (C=O) groups excluding carboxylic acids is 2. The molecule has 32 heavy (non-hydrogen) atoms. The van der Waals surface area contributed by atoms with Crippen molar-refractivity contribution < 1.29 is 22.7 Å². The van der Waals surface area contributed by atoms with Gasteiger partial charge in [-0.2, -0.15) is 4.31 Å². The third-order valence-corrected chi connectivity index (χ3v) is 7.76. The van der Waals surface area contributed by atoms with Gasteiger partial charge in [-0.1, -0.05) is 13.0 Å². The van der Waals surface area contributed by atoms with E-state index in [-0.39, 0.29) is 23.3 Å². The van der Waals surface area contributed by atoms with Crippen molar-refractivity contribution in [2.24, 2.45) is 5.92 Å². The zero-order chi connectivity index (χ0) is 22.9. The largest absolute Gasteiger partial charge is 0.478 e. The van der Waals surface area contributed by atoms with Crippen molar-refractivity contribution >= 4 is 33.3 Å². The summed E-state index contributed by atoms with van der Waals surface area (Å²) in [5.74, 6) is -0.191. The highest BCUT2D eigenvalue weighted by molar-refractivity contribution is 7.89. The van der Waals surface area contributed by atoms with E-state index in [9.17, 15) is 18.0 Å². The number of ether oxygens (including phenoxy) is 1. The van der Waals surface area contributed by atoms with Crippen molar-refractivity contribution in [1.82, 2.24) is 9.29 Å². The Morgan fingerprint density at radius 2 is 2.16 bits per heavy atom. The second kappa shape index (κ2) is 8.87. The van der Waals surface area contributed by atoms with Gasteiger partial charge in [-0.15, -0.1) is 0 Å². The van der Waals surface area contributed by atoms with Crippen LogP contribution < -0.4 is 15.4 Å². The number of piperidine rings is 1. The van der Waals surface area contributed by atoms with Crippen LogP contribution in [0.25, 0.3) is 0 Å². The first-order chi connectivity index (χ1) is 15.3. The minimum absolute atomic E-state index is 0.0900. The van der Waals surface area contributed by atoms with Gasteiger partial charge in [0.2, 0.25) is 15.9 Å². The van der Waals surface area contributed by atoms with Gasteiger partial charge in [0.15, 0.2) is 6.10 Å². The Balaban J connectivity index is 1.55. The average Bonchev–Trinajstić information content (AvgIpc) is 2.79. The van der Waals surface area contributed by atoms with Gasteiger partial charge in [0.05, 0.1) is 16.5 Å². The van der Waals surface area contributed by atoms with Gasteiger partial charge in [-0.05, 0) is 49.9 Å². The van der Waals surface area contributed by atoms with Crippen LogP contribution in [0, 0.1) is 12.8 Å². The molecule has 1 saturated heterocycles. The highest BCUT2D eigenvalue weighted by Gasteiger charge is 2.36. The molecule has 1 aromatic carbocycles. The van der Waals surface area contributed by atoms with Crippen LogP contribution in [0.15, 0.2) is 41.4 Å². The Labute approximate surface area is 187 Å². The monoisotopic (exact) mass is 458 g/mol. The Morgan fingerprint density at radius 1 is 1.34 bits per heavy atom. The number of rotatable bonds is 5. The molecule has 0 spiro atoms. The predicted octanol–water partition coefficient (Wildman–Crippen LogP) is 2.54. The molecular formula is C22H26N4O5S. The molecule has 2 aliphatic heterocycles. The van der Waals surface area contributed by atoms with Crippen LogP contribution >= 0.6 is 0 Å². The number of hydrogen-bond acceptors (Lipinski definition) is 6. The first kappa shape index (κ1) is 22.2. The van der Waals surface area contributed by atoms with Crippen molar-refractivity contribution in [3.8, 4) is 5.75 Å². The molecular weight excluding hydrogens is 432 g/mol. The molecule has 2 N–H and O–H groups in total. The maximum absolute atomic E-state index is 13.5. The maximum atomic E-state index is 13.5. The number of fused-ring (bicyclic) bond motifs is 1. The second-order valence-corrected chi connectivity index (χ2v) is 9.93. The van der Waals surface area contributed by atoms with Crippen molar-refractivity contribution in [2.45, 2.75) is 44.1 Å². The van der Waals surface area contributed by atoms with Gasteiger partial charge in [-0.25, -0.2) is 13.4 Å². The fraction of sp³-hybridized carbons (Fsp3) is 0.409. The van der Waals surface area contributed by atoms with E-state index in [0.717, 1.165) is 0 Å². The van der Waals surface area contributed by atoms with Crippen molar-refractivity contribution in [3.05, 3.63) is 42.1 Å². The summed E-state index contributed by atoms with van der Waals surface area (Å²) in [4.78, 5) is 29.0. The number of amides is 2. The van der Waals surface area contributed by atoms with Crippen LogP contribution in [0.1, 0.15) is 31.7 Å². The zero-order valence-corrected chi connectivity index (χ0v) is 18.8. The molecule has 2 atom stereocenters. The fourth-order valence-electron chi connectivity index (χ4n) is 4.01. The van der Waals surface area contributed by atoms with Crippen LogP contribution in [-0.2, 0) is 19.6 Å². The van der Waals surface area contributed by atoms with Gasteiger partial charge in [0.25, 0.3) is 5.91 Å². The second-order valence-electron chi connectivity index (χ2n) is 8.02. The van der Waals surface area contributed by atoms with Gasteiger partial charge >= 0.3 is 0 Å². The van der Waals surface area contributed by atoms with Crippen LogP contribution in [0.5, 0.6) is 5.75 Å². The van der Waals surface area contributed by atoms with E-state index < -0.39 is 22.0 Å². The smallest absolute Gasteiger partial charge is 0.265 e. The lowest BCUT2D eigenvalue weighted by Crippen LogP contribution is -2.44. The van der Waals surface area contributed by atoms with E-state index in [1.807, 2.05) is 6.92 Å². The summed E-state index contributed by atoms with van der Waals surface area (Å²) in [5, 5.41) is 5.53. The van der Waals surface area contributed by atoms with E-state index in [4.69, 9.17) is 4.74 Å². The van der Waals surface area contributed by atoms with E-state index in [0.29, 0.717) is 48.6 Å². The molecule has 2 aliphatic rings. The molecule has 0 bridgehead atoms. The lowest BCUT2D eigenvalue weighted by molar-refractivity contribution is -0.123. The van der Waals surface area contributed by atoms with Gasteiger partial charge in [0, 0.05) is 25.4 Å². The lowest BCUT2D eigenvalue weighted by Gasteiger charge is -2.32. The summed E-state index contributed by atoms with van der Waals surface area (Å²) in [6.07, 6.45) is 2.57. The first-order valence-electron chi connectivity index (χ1n) is 10.6. The molecule has 2 amide bonds. The topological polar surface area (TPSA) is 118 Å². The molecule has 1 fully saturated rings. The van der Waals surface area contributed by atoms with E-state index >= 15 is 0 Å². The number of pyridine rings is 1. The third-order valence-electron chi connectivity index (χ3n) is 5.76. The molecule has 0 aliphatic carbocycles. The summed E-state index contributed by atoms with van der Waals surface area (Å²) in [6.45, 7) is 3.93. The lowest BCUT2D eigenvalue weighted by atomic mass is 9.99. The standard InChI is InChI=1S/C22H26N4O5S/c1-3-17-22(28)24-16-11-14(2)19(12-18(16)31-17)32(29,30)26-10-6-7-15(13-26)21(27)25-20-8-4-5-9-23-20/h4-5,8-9,11-12,15,17H,3,6-7,10,13H2,1-2H3,(H,24,28)(H,23,25,27)/t15-,17-/m0/s1. The number of anilines is 2. The molecule has 9 nitrogen and oxygen atoms in total. The third kappa shape index (κ3) is 4.33. The summed E-state index contributed by atoms with van der Waals surface area (Å²) in [6, 6.07) is 8.30. The summed E-state index contributed by atoms with van der Waals surface area (Å²) >= 11 is 0. The molecule has 1 aromatic heterocycles. The minimum Gasteiger partial charge on any atom is -0.478 e. The number of carbonyl (C=O) groups is 2. The summed E-state index contributed by atoms with van der Waals surface area (Å²) in [7, 11) is -3.86. The SMILES string of the molecule is CC[C@@H]1Oc2cc(S(=O)(=O)N3CCC[C@H](C(=O)Nc4ccccn4)C3)c(C)cc2NC1=O. The van der Waals surface area contributed by atoms with Crippen LogP contribution in [0.2, 0.25) is 0 Å². The number of aromatic nitrogens is 1.